The van der Waals surface area contributed by atoms with Crippen molar-refractivity contribution >= 4 is 21.8 Å². The minimum absolute atomic E-state index is 0.137. The average molecular weight is 544 g/mol. The van der Waals surface area contributed by atoms with Gasteiger partial charge < -0.3 is 14.9 Å². The van der Waals surface area contributed by atoms with Crippen LogP contribution in [0.1, 0.15) is 69.7 Å². The quantitative estimate of drug-likeness (QED) is 0.222. The molecule has 0 unspecified atom stereocenters. The summed E-state index contributed by atoms with van der Waals surface area (Å²) in [7, 11) is -3.74. The van der Waals surface area contributed by atoms with E-state index in [4.69, 9.17) is 9.84 Å². The predicted molar refractivity (Wildman–Crippen MR) is 147 cm³/mol. The van der Waals surface area contributed by atoms with E-state index in [1.165, 1.54) is 12.3 Å². The van der Waals surface area contributed by atoms with Gasteiger partial charge in [0.1, 0.15) is 11.3 Å². The molecule has 1 saturated heterocycles. The average Bonchev–Trinajstić information content (AvgIpc) is 3.16. The number of oxime groups is 1. The van der Waals surface area contributed by atoms with Crippen molar-refractivity contribution in [3.05, 3.63) is 45.4 Å². The molecule has 0 aliphatic carbocycles. The summed E-state index contributed by atoms with van der Waals surface area (Å²) in [5.74, 6) is 1.18. The summed E-state index contributed by atoms with van der Waals surface area (Å²) in [5, 5.41) is 17.1. The van der Waals surface area contributed by atoms with Gasteiger partial charge in [-0.15, -0.1) is 5.10 Å². The molecule has 38 heavy (non-hydrogen) atoms. The SMILES string of the molecule is CCCc1c(/C=N/O)c(C)c2c(=O)[nH]c(-c3cc(S(=O)(=O)N4CCC(CCC)CC4)ccc3OCC)nn12. The highest BCUT2D eigenvalue weighted by molar-refractivity contribution is 7.89. The Hall–Kier alpha value is -3.18. The highest BCUT2D eigenvalue weighted by atomic mass is 32.2. The van der Waals surface area contributed by atoms with Crippen LogP contribution >= 0.6 is 0 Å². The molecule has 0 radical (unpaired) electrons. The van der Waals surface area contributed by atoms with Crippen molar-refractivity contribution in [1.82, 2.24) is 18.9 Å². The van der Waals surface area contributed by atoms with Crippen molar-refractivity contribution in [1.29, 1.82) is 0 Å². The number of rotatable bonds is 10. The molecule has 11 heteroatoms. The molecular formula is C27H37N5O5S. The van der Waals surface area contributed by atoms with Crippen LogP contribution in [0, 0.1) is 12.8 Å². The molecule has 0 amide bonds. The van der Waals surface area contributed by atoms with Crippen molar-refractivity contribution in [2.75, 3.05) is 19.7 Å². The molecule has 0 saturated carbocycles. The van der Waals surface area contributed by atoms with E-state index in [-0.39, 0.29) is 16.3 Å². The molecule has 2 N–H and O–H groups in total. The summed E-state index contributed by atoms with van der Waals surface area (Å²) in [4.78, 5) is 16.2. The number of nitrogens with zero attached hydrogens (tertiary/aromatic N) is 4. The molecule has 1 aliphatic heterocycles. The lowest BCUT2D eigenvalue weighted by Crippen LogP contribution is -2.38. The van der Waals surface area contributed by atoms with Crippen LogP contribution in [0.15, 0.2) is 33.0 Å². The number of aromatic amines is 1. The van der Waals surface area contributed by atoms with Crippen LogP contribution in [-0.4, -0.2) is 58.4 Å². The molecule has 2 aromatic heterocycles. The smallest absolute Gasteiger partial charge is 0.275 e. The molecule has 206 valence electrons. The molecule has 1 fully saturated rings. The van der Waals surface area contributed by atoms with E-state index in [0.29, 0.717) is 60.0 Å². The lowest BCUT2D eigenvalue weighted by Gasteiger charge is -2.31. The molecule has 0 bridgehead atoms. The molecule has 3 aromatic rings. The maximum absolute atomic E-state index is 13.6. The second kappa shape index (κ2) is 11.7. The summed E-state index contributed by atoms with van der Waals surface area (Å²) in [6, 6.07) is 4.71. The van der Waals surface area contributed by atoms with Crippen LogP contribution in [0.3, 0.4) is 0 Å². The van der Waals surface area contributed by atoms with Gasteiger partial charge in [0.25, 0.3) is 5.56 Å². The lowest BCUT2D eigenvalue weighted by atomic mass is 9.94. The Labute approximate surface area is 223 Å². The lowest BCUT2D eigenvalue weighted by molar-refractivity contribution is 0.262. The highest BCUT2D eigenvalue weighted by Gasteiger charge is 2.30. The zero-order valence-electron chi connectivity index (χ0n) is 22.5. The summed E-state index contributed by atoms with van der Waals surface area (Å²) < 4.78 is 36.1. The summed E-state index contributed by atoms with van der Waals surface area (Å²) in [6.45, 7) is 9.13. The molecule has 0 atom stereocenters. The normalized spacial score (nSPS) is 15.6. The van der Waals surface area contributed by atoms with Gasteiger partial charge in [-0.2, -0.15) is 4.31 Å². The number of aromatic nitrogens is 3. The second-order valence-corrected chi connectivity index (χ2v) is 11.7. The minimum Gasteiger partial charge on any atom is -0.493 e. The third-order valence-corrected chi connectivity index (χ3v) is 9.17. The van der Waals surface area contributed by atoms with E-state index >= 15 is 0 Å². The van der Waals surface area contributed by atoms with Gasteiger partial charge in [-0.25, -0.2) is 12.9 Å². The first kappa shape index (κ1) is 27.8. The van der Waals surface area contributed by atoms with Gasteiger partial charge in [0.2, 0.25) is 10.0 Å². The fraction of sp³-hybridized carbons (Fsp3) is 0.519. The van der Waals surface area contributed by atoms with Crippen molar-refractivity contribution in [3.63, 3.8) is 0 Å². The minimum atomic E-state index is -3.74. The molecular weight excluding hydrogens is 506 g/mol. The Kier molecular flexibility index (Phi) is 8.57. The zero-order chi connectivity index (χ0) is 27.4. The second-order valence-electron chi connectivity index (χ2n) is 9.77. The number of fused-ring (bicyclic) bond motifs is 1. The Morgan fingerprint density at radius 1 is 1.21 bits per heavy atom. The van der Waals surface area contributed by atoms with E-state index in [2.05, 4.69) is 17.1 Å². The summed E-state index contributed by atoms with van der Waals surface area (Å²) >= 11 is 0. The number of aryl methyl sites for hydroxylation is 2. The van der Waals surface area contributed by atoms with E-state index in [1.54, 1.807) is 27.9 Å². The van der Waals surface area contributed by atoms with E-state index < -0.39 is 10.0 Å². The zero-order valence-corrected chi connectivity index (χ0v) is 23.3. The largest absolute Gasteiger partial charge is 0.493 e. The van der Waals surface area contributed by atoms with E-state index in [9.17, 15) is 18.4 Å². The Bertz CT molecular complexity index is 1480. The van der Waals surface area contributed by atoms with Crippen molar-refractivity contribution in [3.8, 4) is 17.1 Å². The van der Waals surface area contributed by atoms with Gasteiger partial charge >= 0.3 is 0 Å². The van der Waals surface area contributed by atoms with Crippen LogP contribution in [0.4, 0.5) is 0 Å². The van der Waals surface area contributed by atoms with Crippen LogP contribution < -0.4 is 10.3 Å². The number of ether oxygens (including phenoxy) is 1. The van der Waals surface area contributed by atoms with Gasteiger partial charge in [0.15, 0.2) is 5.82 Å². The number of sulfonamides is 1. The molecule has 4 rings (SSSR count). The van der Waals surface area contributed by atoms with E-state index in [0.717, 1.165) is 37.8 Å². The first-order valence-corrected chi connectivity index (χ1v) is 14.8. The molecule has 3 heterocycles. The maximum Gasteiger partial charge on any atom is 0.275 e. The first-order valence-electron chi connectivity index (χ1n) is 13.4. The number of H-pyrrole nitrogens is 1. The molecule has 1 aliphatic rings. The molecule has 10 nitrogen and oxygen atoms in total. The van der Waals surface area contributed by atoms with Crippen molar-refractivity contribution in [2.24, 2.45) is 11.1 Å². The van der Waals surface area contributed by atoms with Crippen LogP contribution in [0.5, 0.6) is 5.75 Å². The van der Waals surface area contributed by atoms with Crippen molar-refractivity contribution < 1.29 is 18.4 Å². The highest BCUT2D eigenvalue weighted by Crippen LogP contribution is 2.33. The third kappa shape index (κ3) is 5.22. The Balaban J connectivity index is 1.83. The van der Waals surface area contributed by atoms with Gasteiger partial charge in [-0.3, -0.25) is 4.79 Å². The number of hydrogen-bond acceptors (Lipinski definition) is 7. The Morgan fingerprint density at radius 3 is 2.58 bits per heavy atom. The maximum atomic E-state index is 13.6. The molecule has 0 spiro atoms. The van der Waals surface area contributed by atoms with Crippen molar-refractivity contribution in [2.45, 2.75) is 71.1 Å². The van der Waals surface area contributed by atoms with Crippen LogP contribution in [0.2, 0.25) is 0 Å². The van der Waals surface area contributed by atoms with Crippen LogP contribution in [-0.2, 0) is 16.4 Å². The fourth-order valence-corrected chi connectivity index (χ4v) is 6.88. The number of piperidine rings is 1. The van der Waals surface area contributed by atoms with Crippen LogP contribution in [0.25, 0.3) is 16.9 Å². The fourth-order valence-electron chi connectivity index (χ4n) is 5.38. The van der Waals surface area contributed by atoms with Gasteiger partial charge in [0, 0.05) is 18.7 Å². The summed E-state index contributed by atoms with van der Waals surface area (Å²) in [6.07, 6.45) is 6.64. The standard InChI is InChI=1S/C27H37N5O5S/c1-5-8-19-12-14-31(15-13-19)38(35,36)20-10-11-24(37-7-3)21(16-20)26-29-27(33)25-18(4)22(17-28-34)23(9-6-2)32(25)30-26/h10-11,16-17,19,34H,5-9,12-15H2,1-4H3,(H,29,30,33)/b28-17+. The third-order valence-electron chi connectivity index (χ3n) is 7.27. The number of hydrogen-bond donors (Lipinski definition) is 2. The topological polar surface area (TPSA) is 129 Å². The van der Waals surface area contributed by atoms with E-state index in [1.807, 2.05) is 13.8 Å². The number of benzene rings is 1. The molecule has 1 aromatic carbocycles. The summed E-state index contributed by atoms with van der Waals surface area (Å²) in [5.41, 5.74) is 2.39. The van der Waals surface area contributed by atoms with Gasteiger partial charge in [-0.05, 0) is 62.8 Å². The first-order chi connectivity index (χ1) is 18.3. The monoisotopic (exact) mass is 543 g/mol. The Morgan fingerprint density at radius 2 is 1.95 bits per heavy atom. The number of nitrogens with one attached hydrogen (secondary N) is 1. The van der Waals surface area contributed by atoms with Gasteiger partial charge in [-0.1, -0.05) is 38.3 Å². The predicted octanol–water partition coefficient (Wildman–Crippen LogP) is 4.36. The van der Waals surface area contributed by atoms with Gasteiger partial charge in [0.05, 0.1) is 29.0 Å².